The number of hydrogen-bond donors (Lipinski definition) is 0. The van der Waals surface area contributed by atoms with Crippen LogP contribution in [0.1, 0.15) is 48.1 Å². The van der Waals surface area contributed by atoms with E-state index in [2.05, 4.69) is 15.2 Å². The van der Waals surface area contributed by atoms with Crippen molar-refractivity contribution in [3.63, 3.8) is 0 Å². The second kappa shape index (κ2) is 8.29. The van der Waals surface area contributed by atoms with Crippen molar-refractivity contribution in [1.82, 2.24) is 29.3 Å². The summed E-state index contributed by atoms with van der Waals surface area (Å²) in [5.74, 6) is -0.512. The minimum Gasteiger partial charge on any atom is -0.333 e. The highest BCUT2D eigenvalue weighted by Crippen LogP contribution is 2.26. The van der Waals surface area contributed by atoms with Crippen molar-refractivity contribution in [2.45, 2.75) is 39.8 Å². The summed E-state index contributed by atoms with van der Waals surface area (Å²) in [6.07, 6.45) is 4.21. The van der Waals surface area contributed by atoms with Crippen LogP contribution in [0, 0.1) is 12.7 Å². The maximum Gasteiger partial charge on any atom is 0.274 e. The summed E-state index contributed by atoms with van der Waals surface area (Å²) in [7, 11) is 1.74. The quantitative estimate of drug-likeness (QED) is 0.467. The third-order valence-corrected chi connectivity index (χ3v) is 5.69. The molecule has 1 unspecified atom stereocenters. The summed E-state index contributed by atoms with van der Waals surface area (Å²) in [6.45, 7) is 6.82. The van der Waals surface area contributed by atoms with Gasteiger partial charge in [-0.1, -0.05) is 19.1 Å². The summed E-state index contributed by atoms with van der Waals surface area (Å²) < 4.78 is 16.9. The number of benzene rings is 1. The summed E-state index contributed by atoms with van der Waals surface area (Å²) in [5, 5.41) is 8.99. The van der Waals surface area contributed by atoms with E-state index < -0.39 is 0 Å². The molecule has 0 saturated carbocycles. The summed E-state index contributed by atoms with van der Waals surface area (Å²) in [6, 6.07) is 9.63. The summed E-state index contributed by atoms with van der Waals surface area (Å²) in [4.78, 5) is 19.3. The third kappa shape index (κ3) is 3.69. The van der Waals surface area contributed by atoms with Gasteiger partial charge in [0.1, 0.15) is 5.82 Å². The van der Waals surface area contributed by atoms with Gasteiger partial charge in [0, 0.05) is 37.1 Å². The number of hydrogen-bond acceptors (Lipinski definition) is 4. The van der Waals surface area contributed by atoms with Crippen LogP contribution < -0.4 is 0 Å². The fourth-order valence-electron chi connectivity index (χ4n) is 3.96. The Morgan fingerprint density at radius 2 is 1.94 bits per heavy atom. The van der Waals surface area contributed by atoms with Crippen LogP contribution >= 0.6 is 0 Å². The number of aryl methyl sites for hydroxylation is 1. The summed E-state index contributed by atoms with van der Waals surface area (Å²) >= 11 is 0. The van der Waals surface area contributed by atoms with Crippen LogP contribution in [0.25, 0.3) is 16.9 Å². The van der Waals surface area contributed by atoms with Crippen LogP contribution in [0.2, 0.25) is 0 Å². The van der Waals surface area contributed by atoms with Gasteiger partial charge in [-0.3, -0.25) is 9.48 Å². The molecule has 3 aromatic heterocycles. The Hall–Kier alpha value is -3.55. The molecular formula is C23H25FN6O. The van der Waals surface area contributed by atoms with Gasteiger partial charge in [-0.05, 0) is 44.0 Å². The largest absolute Gasteiger partial charge is 0.333 e. The standard InChI is InChI=1S/C23H25FN6O/c1-5-20(16-7-9-17(24)10-8-16)28(4)23(31)19-13-22-25-12-11-21(30(22)27-19)18-14-26-29(6-2)15(18)3/h7-14,20H,5-6H2,1-4H3. The molecule has 160 valence electrons. The van der Waals surface area contributed by atoms with Crippen LogP contribution in [0.3, 0.4) is 0 Å². The molecule has 1 atom stereocenters. The third-order valence-electron chi connectivity index (χ3n) is 5.69. The highest BCUT2D eigenvalue weighted by Gasteiger charge is 2.24. The molecule has 0 aliphatic heterocycles. The molecule has 0 radical (unpaired) electrons. The average molecular weight is 420 g/mol. The normalized spacial score (nSPS) is 12.3. The van der Waals surface area contributed by atoms with Crippen LogP contribution in [-0.2, 0) is 6.54 Å². The molecule has 7 nitrogen and oxygen atoms in total. The maximum atomic E-state index is 13.3. The van der Waals surface area contributed by atoms with E-state index in [0.717, 1.165) is 29.1 Å². The van der Waals surface area contributed by atoms with Crippen LogP contribution in [0.15, 0.2) is 48.8 Å². The zero-order chi connectivity index (χ0) is 22.1. The fraction of sp³-hybridized carbons (Fsp3) is 0.304. The van der Waals surface area contributed by atoms with Gasteiger partial charge in [0.15, 0.2) is 11.3 Å². The van der Waals surface area contributed by atoms with Gasteiger partial charge in [-0.25, -0.2) is 13.9 Å². The van der Waals surface area contributed by atoms with Crippen LogP contribution in [0.4, 0.5) is 4.39 Å². The van der Waals surface area contributed by atoms with Crippen molar-refractivity contribution in [1.29, 1.82) is 0 Å². The number of rotatable bonds is 6. The van der Waals surface area contributed by atoms with E-state index in [1.165, 1.54) is 12.1 Å². The molecule has 4 aromatic rings. The molecule has 1 amide bonds. The van der Waals surface area contributed by atoms with E-state index in [1.807, 2.05) is 37.7 Å². The molecule has 4 rings (SSSR count). The maximum absolute atomic E-state index is 13.3. The molecule has 1 aromatic carbocycles. The Balaban J connectivity index is 1.70. The summed E-state index contributed by atoms with van der Waals surface area (Å²) in [5.41, 5.74) is 4.58. The molecule has 0 saturated heterocycles. The fourth-order valence-corrected chi connectivity index (χ4v) is 3.96. The first-order chi connectivity index (χ1) is 14.9. The first-order valence-electron chi connectivity index (χ1n) is 10.3. The molecule has 0 spiro atoms. The minimum absolute atomic E-state index is 0.185. The van der Waals surface area contributed by atoms with E-state index in [9.17, 15) is 9.18 Å². The average Bonchev–Trinajstić information content (AvgIpc) is 3.38. The number of carbonyl (C=O) groups excluding carboxylic acids is 1. The van der Waals surface area contributed by atoms with Gasteiger partial charge in [0.25, 0.3) is 5.91 Å². The number of halogens is 1. The number of carbonyl (C=O) groups is 1. The van der Waals surface area contributed by atoms with Crippen molar-refractivity contribution in [3.8, 4) is 11.3 Å². The van der Waals surface area contributed by atoms with Gasteiger partial charge >= 0.3 is 0 Å². The Bertz CT molecular complexity index is 1230. The molecule has 0 bridgehead atoms. The number of nitrogens with zero attached hydrogens (tertiary/aromatic N) is 6. The zero-order valence-corrected chi connectivity index (χ0v) is 18.1. The molecule has 0 aliphatic rings. The molecule has 31 heavy (non-hydrogen) atoms. The molecule has 0 N–H and O–H groups in total. The van der Waals surface area contributed by atoms with Crippen molar-refractivity contribution in [3.05, 3.63) is 71.6 Å². The van der Waals surface area contributed by atoms with Crippen molar-refractivity contribution in [2.75, 3.05) is 7.05 Å². The van der Waals surface area contributed by atoms with Crippen molar-refractivity contribution in [2.24, 2.45) is 0 Å². The highest BCUT2D eigenvalue weighted by atomic mass is 19.1. The highest BCUT2D eigenvalue weighted by molar-refractivity contribution is 5.93. The lowest BCUT2D eigenvalue weighted by atomic mass is 10.0. The van der Waals surface area contributed by atoms with E-state index in [-0.39, 0.29) is 17.8 Å². The van der Waals surface area contributed by atoms with Crippen LogP contribution in [-0.4, -0.2) is 42.2 Å². The Labute approximate surface area is 180 Å². The van der Waals surface area contributed by atoms with Gasteiger partial charge < -0.3 is 4.90 Å². The lowest BCUT2D eigenvalue weighted by Crippen LogP contribution is -2.31. The number of aromatic nitrogens is 5. The van der Waals surface area contributed by atoms with E-state index in [4.69, 9.17) is 0 Å². The first kappa shape index (κ1) is 20.7. The minimum atomic E-state index is -0.298. The second-order valence-corrected chi connectivity index (χ2v) is 7.48. The monoisotopic (exact) mass is 420 g/mol. The lowest BCUT2D eigenvalue weighted by Gasteiger charge is -2.27. The molecule has 3 heterocycles. The van der Waals surface area contributed by atoms with Gasteiger partial charge in [0.2, 0.25) is 0 Å². The smallest absolute Gasteiger partial charge is 0.274 e. The van der Waals surface area contributed by atoms with Gasteiger partial charge in [0.05, 0.1) is 17.9 Å². The Kier molecular flexibility index (Phi) is 5.54. The topological polar surface area (TPSA) is 68.3 Å². The van der Waals surface area contributed by atoms with E-state index in [1.54, 1.807) is 40.9 Å². The van der Waals surface area contributed by atoms with E-state index in [0.29, 0.717) is 17.8 Å². The van der Waals surface area contributed by atoms with Crippen LogP contribution in [0.5, 0.6) is 0 Å². The molecule has 0 aliphatic carbocycles. The second-order valence-electron chi connectivity index (χ2n) is 7.48. The lowest BCUT2D eigenvalue weighted by molar-refractivity contribution is 0.0720. The molecule has 8 heteroatoms. The van der Waals surface area contributed by atoms with Gasteiger partial charge in [-0.15, -0.1) is 0 Å². The van der Waals surface area contributed by atoms with Crippen molar-refractivity contribution < 1.29 is 9.18 Å². The van der Waals surface area contributed by atoms with Gasteiger partial charge in [-0.2, -0.15) is 10.2 Å². The number of amides is 1. The SMILES string of the molecule is CCC(c1ccc(F)cc1)N(C)C(=O)c1cc2nccc(-c3cnn(CC)c3C)n2n1. The van der Waals surface area contributed by atoms with Crippen molar-refractivity contribution >= 4 is 11.6 Å². The Morgan fingerprint density at radius 3 is 2.58 bits per heavy atom. The zero-order valence-electron chi connectivity index (χ0n) is 18.1. The molecular weight excluding hydrogens is 395 g/mol. The molecule has 0 fully saturated rings. The first-order valence-corrected chi connectivity index (χ1v) is 10.3. The Morgan fingerprint density at radius 1 is 1.19 bits per heavy atom. The number of fused-ring (bicyclic) bond motifs is 1. The predicted molar refractivity (Wildman–Crippen MR) is 116 cm³/mol. The van der Waals surface area contributed by atoms with E-state index >= 15 is 0 Å². The predicted octanol–water partition coefficient (Wildman–Crippen LogP) is 4.28.